The summed E-state index contributed by atoms with van der Waals surface area (Å²) < 4.78 is 5.33. The third-order valence-electron chi connectivity index (χ3n) is 2.63. The fourth-order valence-corrected chi connectivity index (χ4v) is 1.98. The van der Waals surface area contributed by atoms with Gasteiger partial charge in [-0.05, 0) is 13.3 Å². The summed E-state index contributed by atoms with van der Waals surface area (Å²) in [6, 6.07) is -0.00231. The van der Waals surface area contributed by atoms with E-state index in [-0.39, 0.29) is 24.0 Å². The first kappa shape index (κ1) is 8.69. The van der Waals surface area contributed by atoms with Crippen molar-refractivity contribution in [1.29, 1.82) is 0 Å². The van der Waals surface area contributed by atoms with Crippen molar-refractivity contribution in [2.75, 3.05) is 6.61 Å². The molecule has 4 nitrogen and oxygen atoms in total. The summed E-state index contributed by atoms with van der Waals surface area (Å²) in [6.07, 6.45) is 1.72. The maximum Gasteiger partial charge on any atom is 0.230 e. The van der Waals surface area contributed by atoms with Crippen LogP contribution in [0.15, 0.2) is 0 Å². The van der Waals surface area contributed by atoms with Gasteiger partial charge in [0.2, 0.25) is 11.8 Å². The summed E-state index contributed by atoms with van der Waals surface area (Å²) in [6.45, 7) is 2.48. The molecule has 0 aromatic carbocycles. The summed E-state index contributed by atoms with van der Waals surface area (Å²) >= 11 is 0. The number of rotatable bonds is 1. The Balaban J connectivity index is 2.07. The molecule has 2 unspecified atom stereocenters. The van der Waals surface area contributed by atoms with E-state index in [4.69, 9.17) is 4.74 Å². The van der Waals surface area contributed by atoms with Gasteiger partial charge in [-0.2, -0.15) is 0 Å². The van der Waals surface area contributed by atoms with Gasteiger partial charge in [0.05, 0.1) is 18.8 Å². The molecule has 2 saturated heterocycles. The number of hydrogen-bond donors (Lipinski definition) is 0. The van der Waals surface area contributed by atoms with Crippen molar-refractivity contribution in [3.8, 4) is 0 Å². The molecule has 0 bridgehead atoms. The van der Waals surface area contributed by atoms with Crippen molar-refractivity contribution in [2.24, 2.45) is 0 Å². The molecule has 4 heteroatoms. The number of ether oxygens (including phenoxy) is 1. The van der Waals surface area contributed by atoms with E-state index in [0.29, 0.717) is 19.4 Å². The molecule has 0 saturated carbocycles. The molecular formula is C9H13NO3. The number of nitrogens with zero attached hydrogens (tertiary/aromatic N) is 1. The molecule has 72 valence electrons. The Bertz CT molecular complexity index is 235. The fraction of sp³-hybridized carbons (Fsp3) is 0.778. The second-order valence-corrected chi connectivity index (χ2v) is 3.69. The first-order valence-corrected chi connectivity index (χ1v) is 4.65. The Hall–Kier alpha value is -0.900. The van der Waals surface area contributed by atoms with Gasteiger partial charge < -0.3 is 4.74 Å². The van der Waals surface area contributed by atoms with Gasteiger partial charge in [-0.1, -0.05) is 0 Å². The predicted octanol–water partition coefficient (Wildman–Crippen LogP) is 0.313. The van der Waals surface area contributed by atoms with Gasteiger partial charge in [-0.25, -0.2) is 0 Å². The van der Waals surface area contributed by atoms with Gasteiger partial charge in [-0.15, -0.1) is 0 Å². The molecule has 0 N–H and O–H groups in total. The van der Waals surface area contributed by atoms with E-state index >= 15 is 0 Å². The van der Waals surface area contributed by atoms with E-state index in [9.17, 15) is 9.59 Å². The maximum atomic E-state index is 11.3. The average molecular weight is 183 g/mol. The van der Waals surface area contributed by atoms with Crippen LogP contribution in [0.2, 0.25) is 0 Å². The van der Waals surface area contributed by atoms with Crippen molar-refractivity contribution < 1.29 is 14.3 Å². The van der Waals surface area contributed by atoms with Gasteiger partial charge in [-0.3, -0.25) is 14.5 Å². The van der Waals surface area contributed by atoms with Crippen LogP contribution in [0.25, 0.3) is 0 Å². The molecule has 2 rings (SSSR count). The largest absolute Gasteiger partial charge is 0.376 e. The van der Waals surface area contributed by atoms with Crippen molar-refractivity contribution >= 4 is 11.8 Å². The lowest BCUT2D eigenvalue weighted by molar-refractivity contribution is -0.141. The van der Waals surface area contributed by atoms with Gasteiger partial charge >= 0.3 is 0 Å². The Labute approximate surface area is 76.8 Å². The smallest absolute Gasteiger partial charge is 0.230 e. The third kappa shape index (κ3) is 1.46. The summed E-state index contributed by atoms with van der Waals surface area (Å²) in [5.41, 5.74) is 0. The predicted molar refractivity (Wildman–Crippen MR) is 44.9 cm³/mol. The normalized spacial score (nSPS) is 34.7. The highest BCUT2D eigenvalue weighted by Crippen LogP contribution is 2.23. The average Bonchev–Trinajstić information content (AvgIpc) is 2.60. The van der Waals surface area contributed by atoms with E-state index < -0.39 is 0 Å². The highest BCUT2D eigenvalue weighted by molar-refractivity contribution is 6.02. The molecule has 0 spiro atoms. The zero-order valence-corrected chi connectivity index (χ0v) is 7.66. The number of carbonyl (C=O) groups is 2. The zero-order valence-electron chi connectivity index (χ0n) is 7.66. The molecule has 2 amide bonds. The lowest BCUT2D eigenvalue weighted by Gasteiger charge is -2.19. The summed E-state index contributed by atoms with van der Waals surface area (Å²) in [4.78, 5) is 24.0. The van der Waals surface area contributed by atoms with E-state index in [1.807, 2.05) is 6.92 Å². The van der Waals surface area contributed by atoms with Gasteiger partial charge in [0.15, 0.2) is 0 Å². The first-order chi connectivity index (χ1) is 6.18. The number of imide groups is 1. The van der Waals surface area contributed by atoms with E-state index in [1.54, 1.807) is 0 Å². The van der Waals surface area contributed by atoms with E-state index in [1.165, 1.54) is 4.90 Å². The minimum absolute atomic E-state index is 0.00231. The molecule has 0 aromatic heterocycles. The van der Waals surface area contributed by atoms with E-state index in [0.717, 1.165) is 6.42 Å². The molecular weight excluding hydrogens is 170 g/mol. The minimum atomic E-state index is -0.0345. The van der Waals surface area contributed by atoms with E-state index in [2.05, 4.69) is 0 Å². The Kier molecular flexibility index (Phi) is 2.07. The number of carbonyl (C=O) groups excluding carboxylic acids is 2. The lowest BCUT2D eigenvalue weighted by Crippen LogP contribution is -2.39. The SMILES string of the molecule is CC1CC(N2C(=O)CCC2=O)CO1. The monoisotopic (exact) mass is 183 g/mol. The number of likely N-dealkylation sites (tertiary alicyclic amines) is 1. The standard InChI is InChI=1S/C9H13NO3/c1-6-4-7(5-13-6)10-8(11)2-3-9(10)12/h6-7H,2-5H2,1H3. The molecule has 0 radical (unpaired) electrons. The van der Waals surface area contributed by atoms with Crippen LogP contribution >= 0.6 is 0 Å². The van der Waals surface area contributed by atoms with Crippen LogP contribution in [-0.2, 0) is 14.3 Å². The van der Waals surface area contributed by atoms with Crippen LogP contribution in [0.3, 0.4) is 0 Å². The Morgan fingerprint density at radius 1 is 1.31 bits per heavy atom. The van der Waals surface area contributed by atoms with Crippen molar-refractivity contribution in [3.05, 3.63) is 0 Å². The zero-order chi connectivity index (χ0) is 9.42. The van der Waals surface area contributed by atoms with Gasteiger partial charge in [0.1, 0.15) is 0 Å². The van der Waals surface area contributed by atoms with Gasteiger partial charge in [0, 0.05) is 12.8 Å². The maximum absolute atomic E-state index is 11.3. The second kappa shape index (κ2) is 3.10. The fourth-order valence-electron chi connectivity index (χ4n) is 1.98. The van der Waals surface area contributed by atoms with Crippen LogP contribution in [-0.4, -0.2) is 35.5 Å². The molecule has 2 fully saturated rings. The summed E-state index contributed by atoms with van der Waals surface area (Å²) in [5, 5.41) is 0. The van der Waals surface area contributed by atoms with Crippen LogP contribution in [0.4, 0.5) is 0 Å². The molecule has 2 heterocycles. The van der Waals surface area contributed by atoms with Gasteiger partial charge in [0.25, 0.3) is 0 Å². The van der Waals surface area contributed by atoms with Crippen molar-refractivity contribution in [2.45, 2.75) is 38.3 Å². The molecule has 0 aromatic rings. The molecule has 2 aliphatic rings. The molecule has 2 aliphatic heterocycles. The molecule has 2 atom stereocenters. The highest BCUT2D eigenvalue weighted by Gasteiger charge is 2.38. The molecule has 0 aliphatic carbocycles. The first-order valence-electron chi connectivity index (χ1n) is 4.65. The van der Waals surface area contributed by atoms with Crippen molar-refractivity contribution in [3.63, 3.8) is 0 Å². The minimum Gasteiger partial charge on any atom is -0.376 e. The lowest BCUT2D eigenvalue weighted by atomic mass is 10.2. The Morgan fingerprint density at radius 2 is 1.92 bits per heavy atom. The Morgan fingerprint density at radius 3 is 2.38 bits per heavy atom. The van der Waals surface area contributed by atoms with Crippen molar-refractivity contribution in [1.82, 2.24) is 4.90 Å². The third-order valence-corrected chi connectivity index (χ3v) is 2.63. The van der Waals surface area contributed by atoms with Crippen LogP contribution in [0, 0.1) is 0 Å². The van der Waals surface area contributed by atoms with Crippen LogP contribution < -0.4 is 0 Å². The topological polar surface area (TPSA) is 46.6 Å². The number of hydrogen-bond acceptors (Lipinski definition) is 3. The highest BCUT2D eigenvalue weighted by atomic mass is 16.5. The van der Waals surface area contributed by atoms with Crippen LogP contribution in [0.1, 0.15) is 26.2 Å². The number of amides is 2. The molecule has 13 heavy (non-hydrogen) atoms. The summed E-state index contributed by atoms with van der Waals surface area (Å²) in [5.74, 6) is -0.0691. The second-order valence-electron chi connectivity index (χ2n) is 3.69. The summed E-state index contributed by atoms with van der Waals surface area (Å²) in [7, 11) is 0. The quantitative estimate of drug-likeness (QED) is 0.550. The van der Waals surface area contributed by atoms with Crippen LogP contribution in [0.5, 0.6) is 0 Å².